The van der Waals surface area contributed by atoms with Crippen molar-refractivity contribution < 1.29 is 19.5 Å². The van der Waals surface area contributed by atoms with Crippen molar-refractivity contribution in [2.45, 2.75) is 106 Å². The summed E-state index contributed by atoms with van der Waals surface area (Å²) in [5, 5.41) is 10.5. The third-order valence-corrected chi connectivity index (χ3v) is 12.6. The van der Waals surface area contributed by atoms with E-state index in [9.17, 15) is 19.5 Å². The molecule has 0 aromatic carbocycles. The Balaban J connectivity index is 1.65. The number of aliphatic carboxylic acids is 1. The van der Waals surface area contributed by atoms with Crippen molar-refractivity contribution in [2.24, 2.45) is 50.2 Å². The molecule has 5 aliphatic carbocycles. The molecule has 7 atom stereocenters. The molecule has 0 heterocycles. The number of carboxylic acids is 1. The molecule has 5 aliphatic rings. The van der Waals surface area contributed by atoms with Gasteiger partial charge in [-0.3, -0.25) is 14.4 Å². The van der Waals surface area contributed by atoms with Gasteiger partial charge < -0.3 is 5.11 Å². The molecule has 1 N–H and O–H groups in total. The molecular formula is C30H44O4. The molecular weight excluding hydrogens is 424 g/mol. The number of carboxylic acid groups (broad SMARTS) is 1. The fourth-order valence-corrected chi connectivity index (χ4v) is 10.1. The summed E-state index contributed by atoms with van der Waals surface area (Å²) in [7, 11) is 0. The fraction of sp³-hybridized carbons (Fsp3) is 0.833. The lowest BCUT2D eigenvalue weighted by atomic mass is 9.33. The van der Waals surface area contributed by atoms with Crippen LogP contribution in [-0.2, 0) is 14.4 Å². The maximum atomic E-state index is 14.2. The summed E-state index contributed by atoms with van der Waals surface area (Å²) in [5.74, 6) is 0.263. The van der Waals surface area contributed by atoms with Crippen LogP contribution in [0.4, 0.5) is 0 Å². The molecule has 0 unspecified atom stereocenters. The zero-order valence-electron chi connectivity index (χ0n) is 22.3. The van der Waals surface area contributed by atoms with E-state index in [0.29, 0.717) is 30.8 Å². The Bertz CT molecular complexity index is 1000. The van der Waals surface area contributed by atoms with Crippen molar-refractivity contribution in [3.05, 3.63) is 11.6 Å². The lowest BCUT2D eigenvalue weighted by Gasteiger charge is -2.69. The summed E-state index contributed by atoms with van der Waals surface area (Å²) in [6.07, 6.45) is 9.16. The quantitative estimate of drug-likeness (QED) is 0.439. The molecule has 0 radical (unpaired) electrons. The van der Waals surface area contributed by atoms with Crippen molar-refractivity contribution >= 4 is 17.5 Å². The SMILES string of the molecule is CC1(C)CC[C@]2(C(=O)O)CC[C@]3(C)C(=CC[C@@H]4[C@@]5(C)CCC(=O)C(C)(C)[C@@H]5CC(=O)[C@]43C)[C@@H]2C1. The first-order valence-corrected chi connectivity index (χ1v) is 13.6. The Hall–Kier alpha value is -1.45. The topological polar surface area (TPSA) is 71.4 Å². The number of carbonyl (C=O) groups excluding carboxylic acids is 2. The van der Waals surface area contributed by atoms with E-state index in [1.165, 1.54) is 5.57 Å². The van der Waals surface area contributed by atoms with Crippen LogP contribution in [0.25, 0.3) is 0 Å². The highest BCUT2D eigenvalue weighted by Gasteiger charge is 2.71. The number of Topliss-reactive ketones (excluding diaryl/α,β-unsaturated/α-hetero) is 2. The maximum absolute atomic E-state index is 14.2. The maximum Gasteiger partial charge on any atom is 0.310 e. The fourth-order valence-electron chi connectivity index (χ4n) is 10.1. The van der Waals surface area contributed by atoms with Gasteiger partial charge in [-0.25, -0.2) is 0 Å². The average molecular weight is 469 g/mol. The van der Waals surface area contributed by atoms with Gasteiger partial charge in [0.1, 0.15) is 11.6 Å². The lowest BCUT2D eigenvalue weighted by molar-refractivity contribution is -0.191. The van der Waals surface area contributed by atoms with Gasteiger partial charge in [-0.05, 0) is 73.5 Å². The van der Waals surface area contributed by atoms with Gasteiger partial charge in [0.2, 0.25) is 0 Å². The van der Waals surface area contributed by atoms with Gasteiger partial charge in [-0.15, -0.1) is 0 Å². The van der Waals surface area contributed by atoms with Gasteiger partial charge in [0, 0.05) is 29.1 Å². The lowest BCUT2D eigenvalue weighted by Crippen LogP contribution is -2.67. The molecule has 0 saturated heterocycles. The number of allylic oxidation sites excluding steroid dienone is 2. The molecule has 0 aromatic heterocycles. The van der Waals surface area contributed by atoms with Crippen LogP contribution in [-0.4, -0.2) is 22.6 Å². The molecule has 0 aromatic rings. The van der Waals surface area contributed by atoms with E-state index in [4.69, 9.17) is 0 Å². The molecule has 4 heteroatoms. The second kappa shape index (κ2) is 6.85. The summed E-state index contributed by atoms with van der Waals surface area (Å²) < 4.78 is 0. The van der Waals surface area contributed by atoms with E-state index in [1.54, 1.807) is 0 Å². The van der Waals surface area contributed by atoms with Crippen LogP contribution in [0, 0.1) is 50.2 Å². The van der Waals surface area contributed by atoms with Crippen LogP contribution in [0.3, 0.4) is 0 Å². The van der Waals surface area contributed by atoms with Crippen LogP contribution >= 0.6 is 0 Å². The second-order valence-corrected chi connectivity index (χ2v) is 14.7. The Morgan fingerprint density at radius 1 is 0.882 bits per heavy atom. The smallest absolute Gasteiger partial charge is 0.310 e. The molecule has 0 spiro atoms. The number of ketones is 2. The van der Waals surface area contributed by atoms with E-state index in [1.807, 2.05) is 0 Å². The Morgan fingerprint density at radius 3 is 2.18 bits per heavy atom. The number of hydrogen-bond acceptors (Lipinski definition) is 3. The number of fused-ring (bicyclic) bond motifs is 7. The molecule has 5 rings (SSSR count). The van der Waals surface area contributed by atoms with Gasteiger partial charge in [0.05, 0.1) is 5.41 Å². The Kier molecular flexibility index (Phi) is 4.89. The number of carbonyl (C=O) groups is 3. The minimum Gasteiger partial charge on any atom is -0.481 e. The van der Waals surface area contributed by atoms with Crippen molar-refractivity contribution in [1.82, 2.24) is 0 Å². The minimum atomic E-state index is -0.687. The summed E-state index contributed by atoms with van der Waals surface area (Å²) in [5.41, 5.74) is -0.649. The Morgan fingerprint density at radius 2 is 1.53 bits per heavy atom. The van der Waals surface area contributed by atoms with Crippen molar-refractivity contribution in [2.75, 3.05) is 0 Å². The van der Waals surface area contributed by atoms with Gasteiger partial charge >= 0.3 is 5.97 Å². The molecule has 4 saturated carbocycles. The highest BCUT2D eigenvalue weighted by molar-refractivity contribution is 5.92. The number of hydrogen-bond donors (Lipinski definition) is 1. The molecule has 4 nitrogen and oxygen atoms in total. The van der Waals surface area contributed by atoms with E-state index >= 15 is 0 Å². The minimum absolute atomic E-state index is 0.00739. The van der Waals surface area contributed by atoms with Gasteiger partial charge in [-0.1, -0.05) is 60.1 Å². The van der Waals surface area contributed by atoms with Crippen LogP contribution in [0.15, 0.2) is 11.6 Å². The standard InChI is InChI=1S/C30H44O4/c1-25(2)12-14-30(24(33)34)15-13-28(6)18(19(30)17-25)8-9-20-27(5)11-10-22(31)26(3,4)21(27)16-23(32)29(20,28)7/h8,19-21H,9-17H2,1-7H3,(H,33,34)/t19-,20+,21-,27+,28+,29-,30-/m0/s1. The summed E-state index contributed by atoms with van der Waals surface area (Å²) in [6.45, 7) is 15.5. The normalized spacial score (nSPS) is 49.1. The zero-order chi connectivity index (χ0) is 25.1. The third kappa shape index (κ3) is 2.69. The molecule has 0 bridgehead atoms. The van der Waals surface area contributed by atoms with Gasteiger partial charge in [0.15, 0.2) is 0 Å². The van der Waals surface area contributed by atoms with E-state index in [0.717, 1.165) is 38.5 Å². The van der Waals surface area contributed by atoms with Crippen molar-refractivity contribution in [1.29, 1.82) is 0 Å². The first kappa shape index (κ1) is 24.3. The Labute approximate surface area is 205 Å². The number of rotatable bonds is 1. The molecule has 0 amide bonds. The first-order valence-electron chi connectivity index (χ1n) is 13.6. The van der Waals surface area contributed by atoms with Gasteiger partial charge in [-0.2, -0.15) is 0 Å². The third-order valence-electron chi connectivity index (χ3n) is 12.6. The highest BCUT2D eigenvalue weighted by Crippen LogP contribution is 2.74. The molecule has 0 aliphatic heterocycles. The van der Waals surface area contributed by atoms with Crippen molar-refractivity contribution in [3.8, 4) is 0 Å². The van der Waals surface area contributed by atoms with Crippen LogP contribution in [0.5, 0.6) is 0 Å². The zero-order valence-corrected chi connectivity index (χ0v) is 22.3. The summed E-state index contributed by atoms with van der Waals surface area (Å²) in [4.78, 5) is 39.9. The second-order valence-electron chi connectivity index (χ2n) is 14.7. The monoisotopic (exact) mass is 468 g/mol. The van der Waals surface area contributed by atoms with Crippen LogP contribution in [0.1, 0.15) is 106 Å². The highest BCUT2D eigenvalue weighted by atomic mass is 16.4. The largest absolute Gasteiger partial charge is 0.481 e. The molecule has 34 heavy (non-hydrogen) atoms. The van der Waals surface area contributed by atoms with Crippen LogP contribution in [0.2, 0.25) is 0 Å². The van der Waals surface area contributed by atoms with E-state index in [2.05, 4.69) is 54.5 Å². The van der Waals surface area contributed by atoms with E-state index < -0.39 is 22.2 Å². The predicted molar refractivity (Wildman–Crippen MR) is 132 cm³/mol. The molecule has 4 fully saturated rings. The first-order chi connectivity index (χ1) is 15.6. The van der Waals surface area contributed by atoms with E-state index in [-0.39, 0.29) is 34.0 Å². The predicted octanol–water partition coefficient (Wildman–Crippen LogP) is 6.62. The van der Waals surface area contributed by atoms with Crippen molar-refractivity contribution in [3.63, 3.8) is 0 Å². The molecule has 188 valence electrons. The van der Waals surface area contributed by atoms with Crippen LogP contribution < -0.4 is 0 Å². The van der Waals surface area contributed by atoms with Gasteiger partial charge in [0.25, 0.3) is 0 Å². The summed E-state index contributed by atoms with van der Waals surface area (Å²) >= 11 is 0. The summed E-state index contributed by atoms with van der Waals surface area (Å²) in [6, 6.07) is 0. The average Bonchev–Trinajstić information content (AvgIpc) is 2.74.